The van der Waals surface area contributed by atoms with Crippen molar-refractivity contribution in [1.29, 1.82) is 0 Å². The second-order valence-corrected chi connectivity index (χ2v) is 6.20. The first kappa shape index (κ1) is 14.8. The molecule has 1 aliphatic carbocycles. The van der Waals surface area contributed by atoms with Crippen molar-refractivity contribution in [2.24, 2.45) is 0 Å². The van der Waals surface area contributed by atoms with Crippen molar-refractivity contribution in [3.05, 3.63) is 34.3 Å². The van der Waals surface area contributed by atoms with Gasteiger partial charge in [0.2, 0.25) is 0 Å². The lowest BCUT2D eigenvalue weighted by Gasteiger charge is -2.09. The van der Waals surface area contributed by atoms with Crippen LogP contribution in [0.15, 0.2) is 18.2 Å². The highest BCUT2D eigenvalue weighted by atomic mass is 32.1. The number of hydrogen-bond acceptors (Lipinski definition) is 5. The van der Waals surface area contributed by atoms with E-state index in [-0.39, 0.29) is 5.91 Å². The lowest BCUT2D eigenvalue weighted by Crippen LogP contribution is -2.13. The molecule has 1 amide bonds. The molecule has 2 aromatic rings. The summed E-state index contributed by atoms with van der Waals surface area (Å²) < 4.78 is 10.4. The molecule has 0 aliphatic heterocycles. The number of aromatic nitrogens is 1. The summed E-state index contributed by atoms with van der Waals surface area (Å²) in [5.74, 6) is 0.918. The predicted octanol–water partition coefficient (Wildman–Crippen LogP) is 3.29. The number of benzene rings is 1. The Balaban J connectivity index is 1.81. The zero-order valence-electron chi connectivity index (χ0n) is 12.6. The zero-order valence-corrected chi connectivity index (χ0v) is 13.5. The average molecular weight is 318 g/mol. The number of carbonyl (C=O) groups excluding carboxylic acids is 1. The van der Waals surface area contributed by atoms with Gasteiger partial charge < -0.3 is 9.47 Å². The van der Waals surface area contributed by atoms with Crippen LogP contribution in [0.5, 0.6) is 11.5 Å². The molecule has 1 aromatic heterocycles. The Kier molecular flexibility index (Phi) is 4.29. The van der Waals surface area contributed by atoms with Gasteiger partial charge in [-0.1, -0.05) is 0 Å². The summed E-state index contributed by atoms with van der Waals surface area (Å²) in [4.78, 5) is 18.3. The highest BCUT2D eigenvalue weighted by Gasteiger charge is 2.18. The monoisotopic (exact) mass is 318 g/mol. The molecule has 6 heteroatoms. The Labute approximate surface area is 133 Å². The summed E-state index contributed by atoms with van der Waals surface area (Å²) in [6, 6.07) is 5.13. The van der Waals surface area contributed by atoms with Gasteiger partial charge in [0, 0.05) is 10.9 Å². The smallest absolute Gasteiger partial charge is 0.261 e. The summed E-state index contributed by atoms with van der Waals surface area (Å²) in [7, 11) is 3.11. The minimum absolute atomic E-state index is 0.217. The summed E-state index contributed by atoms with van der Waals surface area (Å²) in [5, 5.41) is 3.54. The van der Waals surface area contributed by atoms with Crippen LogP contribution in [0.3, 0.4) is 0 Å². The van der Waals surface area contributed by atoms with Crippen molar-refractivity contribution in [2.45, 2.75) is 25.7 Å². The lowest BCUT2D eigenvalue weighted by atomic mass is 10.0. The number of amides is 1. The van der Waals surface area contributed by atoms with E-state index in [4.69, 9.17) is 9.47 Å². The molecule has 0 saturated carbocycles. The topological polar surface area (TPSA) is 60.5 Å². The fourth-order valence-electron chi connectivity index (χ4n) is 2.56. The molecule has 1 aliphatic rings. The number of fused-ring (bicyclic) bond motifs is 1. The van der Waals surface area contributed by atoms with Crippen LogP contribution in [-0.4, -0.2) is 25.1 Å². The predicted molar refractivity (Wildman–Crippen MR) is 86.3 cm³/mol. The number of rotatable bonds is 4. The third kappa shape index (κ3) is 2.92. The summed E-state index contributed by atoms with van der Waals surface area (Å²) in [6.45, 7) is 0. The van der Waals surface area contributed by atoms with E-state index >= 15 is 0 Å². The second-order valence-electron chi connectivity index (χ2n) is 5.12. The highest BCUT2D eigenvalue weighted by molar-refractivity contribution is 7.15. The van der Waals surface area contributed by atoms with Gasteiger partial charge in [0.05, 0.1) is 25.5 Å². The molecule has 3 rings (SSSR count). The first-order valence-electron chi connectivity index (χ1n) is 7.23. The molecule has 0 saturated heterocycles. The normalized spacial score (nSPS) is 13.4. The van der Waals surface area contributed by atoms with Crippen LogP contribution in [0.1, 0.15) is 33.8 Å². The summed E-state index contributed by atoms with van der Waals surface area (Å²) in [5.41, 5.74) is 1.60. The van der Waals surface area contributed by atoms with Crippen LogP contribution >= 0.6 is 11.3 Å². The van der Waals surface area contributed by atoms with E-state index in [1.807, 2.05) is 0 Å². The molecule has 0 radical (unpaired) electrons. The van der Waals surface area contributed by atoms with Gasteiger partial charge in [0.25, 0.3) is 5.91 Å². The highest BCUT2D eigenvalue weighted by Crippen LogP contribution is 2.31. The van der Waals surface area contributed by atoms with Crippen molar-refractivity contribution >= 4 is 22.4 Å². The largest absolute Gasteiger partial charge is 0.497 e. The Morgan fingerprint density at radius 3 is 2.77 bits per heavy atom. The Bertz CT molecular complexity index is 673. The zero-order chi connectivity index (χ0) is 15.5. The van der Waals surface area contributed by atoms with Crippen LogP contribution in [0, 0.1) is 0 Å². The first-order chi connectivity index (χ1) is 10.7. The van der Waals surface area contributed by atoms with Crippen molar-refractivity contribution in [1.82, 2.24) is 4.98 Å². The van der Waals surface area contributed by atoms with Crippen molar-refractivity contribution < 1.29 is 14.3 Å². The van der Waals surface area contributed by atoms with Gasteiger partial charge in [-0.25, -0.2) is 4.98 Å². The number of hydrogen-bond donors (Lipinski definition) is 1. The fraction of sp³-hybridized carbons (Fsp3) is 0.375. The standard InChI is InChI=1S/C16H18N2O3S/c1-20-10-7-8-11(13(9-10)21-2)15(19)18-16-17-12-5-3-4-6-14(12)22-16/h7-9H,3-6H2,1-2H3,(H,17,18,19). The van der Waals surface area contributed by atoms with E-state index in [9.17, 15) is 4.79 Å². The van der Waals surface area contributed by atoms with Gasteiger partial charge in [-0.05, 0) is 37.8 Å². The molecule has 116 valence electrons. The number of ether oxygens (including phenoxy) is 2. The molecule has 0 bridgehead atoms. The van der Waals surface area contributed by atoms with Crippen LogP contribution in [0.4, 0.5) is 5.13 Å². The van der Waals surface area contributed by atoms with Gasteiger partial charge in [-0.15, -0.1) is 11.3 Å². The van der Waals surface area contributed by atoms with Gasteiger partial charge in [0.15, 0.2) is 5.13 Å². The van der Waals surface area contributed by atoms with Crippen molar-refractivity contribution in [3.63, 3.8) is 0 Å². The molecule has 0 spiro atoms. The Hall–Kier alpha value is -2.08. The third-order valence-electron chi connectivity index (χ3n) is 3.72. The number of aryl methyl sites for hydroxylation is 2. The third-order valence-corrected chi connectivity index (χ3v) is 4.79. The SMILES string of the molecule is COc1ccc(C(=O)Nc2nc3c(s2)CCCC3)c(OC)c1. The maximum Gasteiger partial charge on any atom is 0.261 e. The van der Waals surface area contributed by atoms with Gasteiger partial charge >= 0.3 is 0 Å². The van der Waals surface area contributed by atoms with Crippen molar-refractivity contribution in [2.75, 3.05) is 19.5 Å². The van der Waals surface area contributed by atoms with Crippen LogP contribution < -0.4 is 14.8 Å². The molecule has 1 heterocycles. The lowest BCUT2D eigenvalue weighted by molar-refractivity contribution is 0.102. The van der Waals surface area contributed by atoms with Crippen molar-refractivity contribution in [3.8, 4) is 11.5 Å². The van der Waals surface area contributed by atoms with Crippen LogP contribution in [0.25, 0.3) is 0 Å². The molecule has 0 atom stereocenters. The van der Waals surface area contributed by atoms with E-state index in [1.165, 1.54) is 24.8 Å². The van der Waals surface area contributed by atoms with E-state index in [1.54, 1.807) is 36.6 Å². The molecule has 0 unspecified atom stereocenters. The molecule has 0 fully saturated rings. The molecular weight excluding hydrogens is 300 g/mol. The number of thiazole rings is 1. The molecule has 1 aromatic carbocycles. The fourth-order valence-corrected chi connectivity index (χ4v) is 3.60. The van der Waals surface area contributed by atoms with E-state index in [2.05, 4.69) is 10.3 Å². The minimum Gasteiger partial charge on any atom is -0.497 e. The number of methoxy groups -OCH3 is 2. The van der Waals surface area contributed by atoms with Gasteiger partial charge in [-0.3, -0.25) is 10.1 Å². The first-order valence-corrected chi connectivity index (χ1v) is 8.05. The van der Waals surface area contributed by atoms with Crippen LogP contribution in [-0.2, 0) is 12.8 Å². The molecule has 1 N–H and O–H groups in total. The van der Waals surface area contributed by atoms with E-state index in [0.717, 1.165) is 18.5 Å². The Morgan fingerprint density at radius 1 is 1.23 bits per heavy atom. The van der Waals surface area contributed by atoms with E-state index < -0.39 is 0 Å². The van der Waals surface area contributed by atoms with E-state index in [0.29, 0.717) is 22.2 Å². The second kappa shape index (κ2) is 6.36. The summed E-state index contributed by atoms with van der Waals surface area (Å²) >= 11 is 1.57. The minimum atomic E-state index is -0.217. The van der Waals surface area contributed by atoms with Gasteiger partial charge in [0.1, 0.15) is 11.5 Å². The average Bonchev–Trinajstić information content (AvgIpc) is 2.96. The number of nitrogens with zero attached hydrogens (tertiary/aromatic N) is 1. The number of anilines is 1. The number of nitrogens with one attached hydrogen (secondary N) is 1. The maximum atomic E-state index is 12.4. The maximum absolute atomic E-state index is 12.4. The molecule has 5 nitrogen and oxygen atoms in total. The van der Waals surface area contributed by atoms with Crippen LogP contribution in [0.2, 0.25) is 0 Å². The number of carbonyl (C=O) groups is 1. The Morgan fingerprint density at radius 2 is 2.05 bits per heavy atom. The quantitative estimate of drug-likeness (QED) is 0.939. The summed E-state index contributed by atoms with van der Waals surface area (Å²) in [6.07, 6.45) is 4.45. The van der Waals surface area contributed by atoms with Gasteiger partial charge in [-0.2, -0.15) is 0 Å². The molecular formula is C16H18N2O3S. The molecule has 22 heavy (non-hydrogen) atoms.